The Kier molecular flexibility index (Phi) is 4.04. The van der Waals surface area contributed by atoms with Gasteiger partial charge in [-0.2, -0.15) is 0 Å². The third-order valence-corrected chi connectivity index (χ3v) is 5.21. The number of fused-ring (bicyclic) bond motifs is 1. The van der Waals surface area contributed by atoms with Crippen LogP contribution in [0, 0.1) is 0 Å². The lowest BCUT2D eigenvalue weighted by Gasteiger charge is -2.34. The second kappa shape index (κ2) is 6.32. The van der Waals surface area contributed by atoms with Crippen molar-refractivity contribution in [2.75, 3.05) is 50.7 Å². The molecule has 23 heavy (non-hydrogen) atoms. The maximum absolute atomic E-state index is 4.92. The summed E-state index contributed by atoms with van der Waals surface area (Å²) in [6.45, 7) is 9.81. The van der Waals surface area contributed by atoms with Crippen molar-refractivity contribution >= 4 is 5.95 Å². The standard InChI is InChI=1S/C18H25N5/c1-2-21-10-12-23(13-11-21)18-19-14-15-6-8-22(16-4-3-5-16)9-7-17(15)20-18/h3-5,14H,2,6-13H2,1H3. The Morgan fingerprint density at radius 1 is 1.00 bits per heavy atom. The van der Waals surface area contributed by atoms with Gasteiger partial charge in [-0.05, 0) is 30.7 Å². The van der Waals surface area contributed by atoms with Gasteiger partial charge in [0, 0.05) is 57.6 Å². The van der Waals surface area contributed by atoms with E-state index < -0.39 is 0 Å². The minimum atomic E-state index is 0.927. The highest BCUT2D eigenvalue weighted by Crippen LogP contribution is 2.22. The SMILES string of the molecule is CCN1CCN(c2ncc3c(n2)CCN(C2=CC=C2)CC3)CC1. The van der Waals surface area contributed by atoms with Crippen LogP contribution in [0.25, 0.3) is 0 Å². The number of hydrogen-bond donors (Lipinski definition) is 0. The lowest BCUT2D eigenvalue weighted by Crippen LogP contribution is -2.46. The van der Waals surface area contributed by atoms with Gasteiger partial charge in [0.1, 0.15) is 0 Å². The molecule has 2 aliphatic heterocycles. The molecule has 0 N–H and O–H groups in total. The molecule has 1 fully saturated rings. The lowest BCUT2D eigenvalue weighted by atomic mass is 10.1. The second-order valence-electron chi connectivity index (χ2n) is 6.50. The van der Waals surface area contributed by atoms with Gasteiger partial charge >= 0.3 is 0 Å². The Bertz CT molecular complexity index is 628. The molecule has 1 aromatic heterocycles. The number of rotatable bonds is 3. The van der Waals surface area contributed by atoms with E-state index in [9.17, 15) is 0 Å². The number of nitrogens with zero attached hydrogens (tertiary/aromatic N) is 5. The van der Waals surface area contributed by atoms with Crippen LogP contribution in [0.1, 0.15) is 18.2 Å². The van der Waals surface area contributed by atoms with Crippen molar-refractivity contribution in [1.29, 1.82) is 0 Å². The summed E-state index contributed by atoms with van der Waals surface area (Å²) in [6, 6.07) is 0. The van der Waals surface area contributed by atoms with Crippen molar-refractivity contribution in [2.45, 2.75) is 19.8 Å². The molecule has 0 bridgehead atoms. The van der Waals surface area contributed by atoms with Gasteiger partial charge < -0.3 is 14.7 Å². The summed E-state index contributed by atoms with van der Waals surface area (Å²) >= 11 is 0. The number of anilines is 1. The second-order valence-corrected chi connectivity index (χ2v) is 6.50. The molecule has 1 aromatic rings. The Morgan fingerprint density at radius 2 is 1.78 bits per heavy atom. The van der Waals surface area contributed by atoms with Crippen molar-refractivity contribution < 1.29 is 0 Å². The maximum atomic E-state index is 4.92. The van der Waals surface area contributed by atoms with E-state index in [1.54, 1.807) is 0 Å². The molecular weight excluding hydrogens is 286 g/mol. The molecule has 0 atom stereocenters. The third kappa shape index (κ3) is 2.98. The zero-order valence-corrected chi connectivity index (χ0v) is 13.9. The van der Waals surface area contributed by atoms with Crippen LogP contribution in [-0.2, 0) is 12.8 Å². The van der Waals surface area contributed by atoms with Crippen molar-refractivity contribution in [1.82, 2.24) is 19.8 Å². The van der Waals surface area contributed by atoms with Crippen molar-refractivity contribution in [3.8, 4) is 0 Å². The van der Waals surface area contributed by atoms with Crippen LogP contribution in [-0.4, -0.2) is 65.6 Å². The minimum absolute atomic E-state index is 0.927. The monoisotopic (exact) mass is 311 g/mol. The fraction of sp³-hybridized carbons (Fsp3) is 0.556. The largest absolute Gasteiger partial charge is 0.371 e. The zero-order valence-electron chi connectivity index (χ0n) is 13.9. The first kappa shape index (κ1) is 14.7. The number of allylic oxidation sites excluding steroid dienone is 3. The van der Waals surface area contributed by atoms with Crippen LogP contribution < -0.4 is 4.90 Å². The predicted octanol–water partition coefficient (Wildman–Crippen LogP) is 1.47. The fourth-order valence-electron chi connectivity index (χ4n) is 3.53. The van der Waals surface area contributed by atoms with Gasteiger partial charge in [0.25, 0.3) is 0 Å². The quantitative estimate of drug-likeness (QED) is 0.845. The molecule has 3 aliphatic rings. The van der Waals surface area contributed by atoms with Crippen LogP contribution in [0.4, 0.5) is 5.95 Å². The predicted molar refractivity (Wildman–Crippen MR) is 92.6 cm³/mol. The zero-order chi connectivity index (χ0) is 15.6. The van der Waals surface area contributed by atoms with Gasteiger partial charge in [-0.1, -0.05) is 13.0 Å². The van der Waals surface area contributed by atoms with Crippen LogP contribution in [0.5, 0.6) is 0 Å². The Balaban J connectivity index is 1.46. The number of likely N-dealkylation sites (N-methyl/N-ethyl adjacent to an activating group) is 1. The summed E-state index contributed by atoms with van der Waals surface area (Å²) in [6.07, 6.45) is 10.6. The van der Waals surface area contributed by atoms with Crippen molar-refractivity contribution in [2.24, 2.45) is 0 Å². The van der Waals surface area contributed by atoms with E-state index in [2.05, 4.69) is 51.0 Å². The van der Waals surface area contributed by atoms with Crippen LogP contribution in [0.3, 0.4) is 0 Å². The van der Waals surface area contributed by atoms with Crippen LogP contribution in [0.15, 0.2) is 30.1 Å². The van der Waals surface area contributed by atoms with E-state index in [1.807, 2.05) is 0 Å². The highest BCUT2D eigenvalue weighted by Gasteiger charge is 2.21. The van der Waals surface area contributed by atoms with E-state index >= 15 is 0 Å². The fourth-order valence-corrected chi connectivity index (χ4v) is 3.53. The molecule has 1 saturated heterocycles. The summed E-state index contributed by atoms with van der Waals surface area (Å²) in [4.78, 5) is 16.9. The van der Waals surface area contributed by atoms with E-state index in [4.69, 9.17) is 4.98 Å². The minimum Gasteiger partial charge on any atom is -0.371 e. The van der Waals surface area contributed by atoms with Gasteiger partial charge in [-0.25, -0.2) is 9.97 Å². The van der Waals surface area contributed by atoms with E-state index in [0.29, 0.717) is 0 Å². The summed E-state index contributed by atoms with van der Waals surface area (Å²) in [7, 11) is 0. The van der Waals surface area contributed by atoms with Gasteiger partial charge in [0.15, 0.2) is 0 Å². The normalized spacial score (nSPS) is 21.5. The Hall–Kier alpha value is -1.88. The average molecular weight is 311 g/mol. The molecule has 0 spiro atoms. The summed E-state index contributed by atoms with van der Waals surface area (Å²) in [5.74, 6) is 0.927. The van der Waals surface area contributed by atoms with Gasteiger partial charge in [0.05, 0.1) is 5.69 Å². The molecule has 0 amide bonds. The molecule has 0 unspecified atom stereocenters. The molecule has 5 heteroatoms. The number of piperazine rings is 1. The smallest absolute Gasteiger partial charge is 0.225 e. The molecule has 4 rings (SSSR count). The van der Waals surface area contributed by atoms with Crippen molar-refractivity contribution in [3.63, 3.8) is 0 Å². The molecule has 3 heterocycles. The molecule has 1 aliphatic carbocycles. The number of aromatic nitrogens is 2. The topological polar surface area (TPSA) is 35.5 Å². The number of hydrogen-bond acceptors (Lipinski definition) is 5. The first-order valence-corrected chi connectivity index (χ1v) is 8.79. The lowest BCUT2D eigenvalue weighted by molar-refractivity contribution is 0.270. The molecule has 0 saturated carbocycles. The van der Waals surface area contributed by atoms with Gasteiger partial charge in [0.2, 0.25) is 5.95 Å². The Labute approximate surface area is 138 Å². The maximum Gasteiger partial charge on any atom is 0.225 e. The molecule has 0 aromatic carbocycles. The van der Waals surface area contributed by atoms with Crippen LogP contribution in [0.2, 0.25) is 0 Å². The van der Waals surface area contributed by atoms with Gasteiger partial charge in [-0.15, -0.1) is 0 Å². The van der Waals surface area contributed by atoms with E-state index in [-0.39, 0.29) is 0 Å². The molecular formula is C18H25N5. The molecule has 5 nitrogen and oxygen atoms in total. The summed E-state index contributed by atoms with van der Waals surface area (Å²) < 4.78 is 0. The highest BCUT2D eigenvalue weighted by atomic mass is 15.3. The average Bonchev–Trinajstić information content (AvgIpc) is 2.76. The first-order chi connectivity index (χ1) is 11.3. The van der Waals surface area contributed by atoms with Gasteiger partial charge in [-0.3, -0.25) is 0 Å². The van der Waals surface area contributed by atoms with Crippen LogP contribution >= 0.6 is 0 Å². The molecule has 0 radical (unpaired) electrons. The highest BCUT2D eigenvalue weighted by molar-refractivity contribution is 5.37. The Morgan fingerprint density at radius 3 is 2.48 bits per heavy atom. The molecule has 122 valence electrons. The first-order valence-electron chi connectivity index (χ1n) is 8.79. The third-order valence-electron chi connectivity index (χ3n) is 5.21. The summed E-state index contributed by atoms with van der Waals surface area (Å²) in [5, 5.41) is 0. The van der Waals surface area contributed by atoms with E-state index in [1.165, 1.54) is 17.0 Å². The van der Waals surface area contributed by atoms with Crippen molar-refractivity contribution in [3.05, 3.63) is 41.4 Å². The van der Waals surface area contributed by atoms with E-state index in [0.717, 1.165) is 64.6 Å². The summed E-state index contributed by atoms with van der Waals surface area (Å²) in [5.41, 5.74) is 3.94.